The van der Waals surface area contributed by atoms with Gasteiger partial charge in [0.1, 0.15) is 5.56 Å². The van der Waals surface area contributed by atoms with Crippen molar-refractivity contribution in [2.24, 2.45) is 7.05 Å². The van der Waals surface area contributed by atoms with Crippen LogP contribution in [0, 0.1) is 12.3 Å². The highest BCUT2D eigenvalue weighted by atomic mass is 16.5. The van der Waals surface area contributed by atoms with Gasteiger partial charge < -0.3 is 9.47 Å². The third kappa shape index (κ3) is 1.71. The second-order valence-corrected chi connectivity index (χ2v) is 2.86. The summed E-state index contributed by atoms with van der Waals surface area (Å²) in [5.74, 6) is 0.663. The summed E-state index contributed by atoms with van der Waals surface area (Å²) in [6, 6.07) is 0. The van der Waals surface area contributed by atoms with Gasteiger partial charge in [-0.15, -0.1) is 0 Å². The normalized spacial score (nSPS) is 10.0. The molecule has 0 saturated carbocycles. The number of hydrogen-bond donors (Lipinski definition) is 1. The van der Waals surface area contributed by atoms with Crippen LogP contribution < -0.4 is 4.74 Å². The predicted molar refractivity (Wildman–Crippen MR) is 53.0 cm³/mol. The summed E-state index contributed by atoms with van der Waals surface area (Å²) in [6.07, 6.45) is 0. The molecule has 0 bridgehead atoms. The van der Waals surface area contributed by atoms with Gasteiger partial charge in [0, 0.05) is 7.05 Å². The van der Waals surface area contributed by atoms with Gasteiger partial charge in [0.05, 0.1) is 19.4 Å². The minimum atomic E-state index is 0.106. The lowest BCUT2D eigenvalue weighted by atomic mass is 10.2. The molecule has 0 unspecified atom stereocenters. The number of nitrogens with zero attached hydrogens (tertiary/aromatic N) is 2. The lowest BCUT2D eigenvalue weighted by Gasteiger charge is -2.06. The molecule has 0 aliphatic heterocycles. The van der Waals surface area contributed by atoms with Crippen molar-refractivity contribution in [2.45, 2.75) is 13.8 Å². The minimum Gasteiger partial charge on any atom is -0.481 e. The van der Waals surface area contributed by atoms with Gasteiger partial charge in [-0.1, -0.05) is 0 Å². The number of methoxy groups -OCH3 is 1. The van der Waals surface area contributed by atoms with E-state index in [2.05, 4.69) is 5.10 Å². The van der Waals surface area contributed by atoms with Crippen LogP contribution in [0.5, 0.6) is 5.88 Å². The van der Waals surface area contributed by atoms with Crippen LogP contribution >= 0.6 is 0 Å². The van der Waals surface area contributed by atoms with Crippen molar-refractivity contribution in [1.29, 1.82) is 5.41 Å². The van der Waals surface area contributed by atoms with Crippen LogP contribution in [0.3, 0.4) is 0 Å². The highest BCUT2D eigenvalue weighted by Crippen LogP contribution is 2.21. The molecule has 1 heterocycles. The fourth-order valence-electron chi connectivity index (χ4n) is 1.35. The SMILES string of the molecule is CCOC(=N)c1c(C)nn(C)c1OC. The van der Waals surface area contributed by atoms with E-state index in [0.717, 1.165) is 5.69 Å². The van der Waals surface area contributed by atoms with E-state index >= 15 is 0 Å². The molecule has 0 atom stereocenters. The van der Waals surface area contributed by atoms with Gasteiger partial charge in [0.2, 0.25) is 11.8 Å². The van der Waals surface area contributed by atoms with Crippen molar-refractivity contribution in [3.63, 3.8) is 0 Å². The summed E-state index contributed by atoms with van der Waals surface area (Å²) in [5.41, 5.74) is 1.36. The maximum atomic E-state index is 7.67. The first-order valence-corrected chi connectivity index (χ1v) is 4.41. The zero-order valence-corrected chi connectivity index (χ0v) is 8.92. The van der Waals surface area contributed by atoms with Crippen molar-refractivity contribution in [3.05, 3.63) is 11.3 Å². The Morgan fingerprint density at radius 3 is 2.71 bits per heavy atom. The molecule has 78 valence electrons. The first-order chi connectivity index (χ1) is 6.61. The van der Waals surface area contributed by atoms with E-state index in [-0.39, 0.29) is 5.90 Å². The summed E-state index contributed by atoms with van der Waals surface area (Å²) in [6.45, 7) is 4.13. The summed E-state index contributed by atoms with van der Waals surface area (Å²) in [7, 11) is 3.33. The molecule has 1 aromatic heterocycles. The molecule has 0 spiro atoms. The summed E-state index contributed by atoms with van der Waals surface area (Å²) in [5, 5.41) is 11.8. The molecular formula is C9H15N3O2. The van der Waals surface area contributed by atoms with E-state index in [1.807, 2.05) is 13.8 Å². The lowest BCUT2D eigenvalue weighted by molar-refractivity contribution is 0.321. The molecule has 0 aliphatic rings. The maximum absolute atomic E-state index is 7.67. The number of nitrogens with one attached hydrogen (secondary N) is 1. The van der Waals surface area contributed by atoms with Gasteiger partial charge in [-0.2, -0.15) is 5.10 Å². The van der Waals surface area contributed by atoms with Gasteiger partial charge in [-0.05, 0) is 13.8 Å². The van der Waals surface area contributed by atoms with E-state index in [1.54, 1.807) is 18.8 Å². The Morgan fingerprint density at radius 2 is 2.21 bits per heavy atom. The van der Waals surface area contributed by atoms with Crippen LogP contribution in [0.2, 0.25) is 0 Å². The molecule has 0 aromatic carbocycles. The van der Waals surface area contributed by atoms with E-state index in [0.29, 0.717) is 18.1 Å². The van der Waals surface area contributed by atoms with Crippen LogP contribution in [0.1, 0.15) is 18.2 Å². The predicted octanol–water partition coefficient (Wildman–Crippen LogP) is 1.10. The Bertz CT molecular complexity index is 344. The standard InChI is InChI=1S/C9H15N3O2/c1-5-14-8(10)7-6(2)11-12(3)9(7)13-4/h10H,5H2,1-4H3. The molecule has 1 aromatic rings. The smallest absolute Gasteiger partial charge is 0.224 e. The molecule has 14 heavy (non-hydrogen) atoms. The van der Waals surface area contributed by atoms with Crippen molar-refractivity contribution in [2.75, 3.05) is 13.7 Å². The van der Waals surface area contributed by atoms with Crippen molar-refractivity contribution >= 4 is 5.90 Å². The molecule has 0 fully saturated rings. The highest BCUT2D eigenvalue weighted by Gasteiger charge is 2.18. The second-order valence-electron chi connectivity index (χ2n) is 2.86. The number of hydrogen-bond acceptors (Lipinski definition) is 4. The third-order valence-corrected chi connectivity index (χ3v) is 1.88. The van der Waals surface area contributed by atoms with Gasteiger partial charge in [0.25, 0.3) is 0 Å². The van der Waals surface area contributed by atoms with E-state index in [4.69, 9.17) is 14.9 Å². The topological polar surface area (TPSA) is 60.1 Å². The average molecular weight is 197 g/mol. The van der Waals surface area contributed by atoms with Gasteiger partial charge in [0.15, 0.2) is 0 Å². The zero-order valence-electron chi connectivity index (χ0n) is 8.92. The molecule has 1 N–H and O–H groups in total. The minimum absolute atomic E-state index is 0.106. The largest absolute Gasteiger partial charge is 0.481 e. The van der Waals surface area contributed by atoms with Crippen molar-refractivity contribution < 1.29 is 9.47 Å². The fourth-order valence-corrected chi connectivity index (χ4v) is 1.35. The van der Waals surface area contributed by atoms with E-state index in [1.165, 1.54) is 0 Å². The summed E-state index contributed by atoms with van der Waals surface area (Å²) >= 11 is 0. The molecule has 5 nitrogen and oxygen atoms in total. The van der Waals surface area contributed by atoms with Gasteiger partial charge >= 0.3 is 0 Å². The molecule has 0 aliphatic carbocycles. The van der Waals surface area contributed by atoms with E-state index in [9.17, 15) is 0 Å². The van der Waals surface area contributed by atoms with Crippen LogP contribution in [-0.4, -0.2) is 29.4 Å². The summed E-state index contributed by atoms with van der Waals surface area (Å²) < 4.78 is 11.9. The first kappa shape index (κ1) is 10.6. The Morgan fingerprint density at radius 1 is 1.57 bits per heavy atom. The first-order valence-electron chi connectivity index (χ1n) is 4.41. The Hall–Kier alpha value is -1.52. The Labute approximate surface area is 83.1 Å². The van der Waals surface area contributed by atoms with Crippen LogP contribution in [0.15, 0.2) is 0 Å². The number of aromatic nitrogens is 2. The monoisotopic (exact) mass is 197 g/mol. The third-order valence-electron chi connectivity index (χ3n) is 1.88. The second kappa shape index (κ2) is 4.13. The number of rotatable bonds is 3. The molecule has 0 saturated heterocycles. The molecule has 1 rings (SSSR count). The van der Waals surface area contributed by atoms with Crippen LogP contribution in [0.4, 0.5) is 0 Å². The maximum Gasteiger partial charge on any atom is 0.224 e. The molecule has 5 heteroatoms. The quantitative estimate of drug-likeness (QED) is 0.583. The average Bonchev–Trinajstić information content (AvgIpc) is 2.40. The van der Waals surface area contributed by atoms with Gasteiger partial charge in [-0.25, -0.2) is 4.68 Å². The van der Waals surface area contributed by atoms with Crippen LogP contribution in [-0.2, 0) is 11.8 Å². The van der Waals surface area contributed by atoms with Crippen molar-refractivity contribution in [3.8, 4) is 5.88 Å². The van der Waals surface area contributed by atoms with Gasteiger partial charge in [-0.3, -0.25) is 5.41 Å². The molecular weight excluding hydrogens is 182 g/mol. The fraction of sp³-hybridized carbons (Fsp3) is 0.556. The Balaban J connectivity index is 3.11. The Kier molecular flexibility index (Phi) is 3.11. The number of aryl methyl sites for hydroxylation is 2. The zero-order chi connectivity index (χ0) is 10.7. The number of ether oxygens (including phenoxy) is 2. The van der Waals surface area contributed by atoms with E-state index < -0.39 is 0 Å². The van der Waals surface area contributed by atoms with Crippen molar-refractivity contribution in [1.82, 2.24) is 9.78 Å². The molecule has 0 radical (unpaired) electrons. The highest BCUT2D eigenvalue weighted by molar-refractivity contribution is 5.95. The van der Waals surface area contributed by atoms with Crippen LogP contribution in [0.25, 0.3) is 0 Å². The lowest BCUT2D eigenvalue weighted by Crippen LogP contribution is -2.07. The molecule has 0 amide bonds. The summed E-state index contributed by atoms with van der Waals surface area (Å²) in [4.78, 5) is 0.